The fraction of sp³-hybridized carbons (Fsp3) is 0.261. The zero-order chi connectivity index (χ0) is 22.8. The van der Waals surface area contributed by atoms with Crippen molar-refractivity contribution in [3.8, 4) is 5.69 Å². The third-order valence-electron chi connectivity index (χ3n) is 5.22. The SMILES string of the molecule is CCn1nnc2cc(C(=O)OCC(=O)Nc3c(C)nn(-c4ccc(C)cc4)c3C)ccc21. The predicted octanol–water partition coefficient (Wildman–Crippen LogP) is 3.36. The molecule has 4 rings (SSSR count). The van der Waals surface area contributed by atoms with E-state index in [9.17, 15) is 9.59 Å². The molecule has 0 atom stereocenters. The molecular formula is C23H24N6O3. The van der Waals surface area contributed by atoms with Gasteiger partial charge in [0, 0.05) is 6.54 Å². The van der Waals surface area contributed by atoms with Crippen molar-refractivity contribution in [1.29, 1.82) is 0 Å². The fourth-order valence-corrected chi connectivity index (χ4v) is 3.48. The largest absolute Gasteiger partial charge is 0.452 e. The third-order valence-corrected chi connectivity index (χ3v) is 5.22. The highest BCUT2D eigenvalue weighted by atomic mass is 16.5. The van der Waals surface area contributed by atoms with Crippen molar-refractivity contribution in [2.75, 3.05) is 11.9 Å². The van der Waals surface area contributed by atoms with Gasteiger partial charge in [-0.25, -0.2) is 14.2 Å². The first kappa shape index (κ1) is 21.2. The molecule has 164 valence electrons. The van der Waals surface area contributed by atoms with Crippen LogP contribution in [0.2, 0.25) is 0 Å². The molecule has 0 spiro atoms. The zero-order valence-corrected chi connectivity index (χ0v) is 18.4. The number of hydrogen-bond acceptors (Lipinski definition) is 6. The Morgan fingerprint density at radius 2 is 1.81 bits per heavy atom. The van der Waals surface area contributed by atoms with Crippen LogP contribution >= 0.6 is 0 Å². The fourth-order valence-electron chi connectivity index (χ4n) is 3.48. The Morgan fingerprint density at radius 1 is 1.06 bits per heavy atom. The molecule has 2 heterocycles. The van der Waals surface area contributed by atoms with Crippen LogP contribution in [0.25, 0.3) is 16.7 Å². The first-order chi connectivity index (χ1) is 15.4. The molecule has 0 aliphatic heterocycles. The summed E-state index contributed by atoms with van der Waals surface area (Å²) in [5.41, 5.74) is 5.86. The van der Waals surface area contributed by atoms with Crippen LogP contribution in [-0.2, 0) is 16.1 Å². The van der Waals surface area contributed by atoms with Crippen LogP contribution in [0, 0.1) is 20.8 Å². The van der Waals surface area contributed by atoms with Crippen LogP contribution in [0.4, 0.5) is 5.69 Å². The molecule has 9 heteroatoms. The van der Waals surface area contributed by atoms with Gasteiger partial charge in [0.25, 0.3) is 5.91 Å². The van der Waals surface area contributed by atoms with Gasteiger partial charge in [0.15, 0.2) is 6.61 Å². The lowest BCUT2D eigenvalue weighted by Gasteiger charge is -2.08. The van der Waals surface area contributed by atoms with Crippen molar-refractivity contribution in [3.05, 3.63) is 65.0 Å². The van der Waals surface area contributed by atoms with Crippen molar-refractivity contribution in [1.82, 2.24) is 24.8 Å². The molecule has 0 saturated carbocycles. The molecule has 0 fully saturated rings. The average Bonchev–Trinajstić information content (AvgIpc) is 3.33. The molecular weight excluding hydrogens is 408 g/mol. The molecule has 0 saturated heterocycles. The second kappa shape index (κ2) is 8.62. The first-order valence-electron chi connectivity index (χ1n) is 10.3. The van der Waals surface area contributed by atoms with Crippen LogP contribution in [0.1, 0.15) is 34.2 Å². The molecule has 0 aliphatic rings. The number of nitrogens with zero attached hydrogens (tertiary/aromatic N) is 5. The van der Waals surface area contributed by atoms with Crippen molar-refractivity contribution < 1.29 is 14.3 Å². The number of fused-ring (bicyclic) bond motifs is 1. The average molecular weight is 432 g/mol. The molecule has 0 aliphatic carbocycles. The number of hydrogen-bond donors (Lipinski definition) is 1. The number of nitrogens with one attached hydrogen (secondary N) is 1. The number of rotatable bonds is 6. The van der Waals surface area contributed by atoms with Crippen molar-refractivity contribution in [2.45, 2.75) is 34.2 Å². The van der Waals surface area contributed by atoms with Crippen LogP contribution in [0.5, 0.6) is 0 Å². The quantitative estimate of drug-likeness (QED) is 0.469. The van der Waals surface area contributed by atoms with E-state index in [-0.39, 0.29) is 0 Å². The normalized spacial score (nSPS) is 11.0. The van der Waals surface area contributed by atoms with Gasteiger partial charge in [-0.2, -0.15) is 5.10 Å². The summed E-state index contributed by atoms with van der Waals surface area (Å²) >= 11 is 0. The Balaban J connectivity index is 1.42. The molecule has 0 bridgehead atoms. The number of amides is 1. The summed E-state index contributed by atoms with van der Waals surface area (Å²) in [6.07, 6.45) is 0. The van der Waals surface area contributed by atoms with Gasteiger partial charge in [0.2, 0.25) is 0 Å². The number of aryl methyl sites for hydroxylation is 3. The van der Waals surface area contributed by atoms with Crippen molar-refractivity contribution in [2.24, 2.45) is 0 Å². The monoisotopic (exact) mass is 432 g/mol. The number of benzene rings is 2. The summed E-state index contributed by atoms with van der Waals surface area (Å²) in [7, 11) is 0. The number of carbonyl (C=O) groups is 2. The van der Waals surface area contributed by atoms with Gasteiger partial charge in [-0.1, -0.05) is 22.9 Å². The van der Waals surface area contributed by atoms with E-state index >= 15 is 0 Å². The van der Waals surface area contributed by atoms with E-state index in [1.165, 1.54) is 0 Å². The molecule has 4 aromatic rings. The van der Waals surface area contributed by atoms with E-state index < -0.39 is 18.5 Å². The lowest BCUT2D eigenvalue weighted by molar-refractivity contribution is -0.119. The van der Waals surface area contributed by atoms with Gasteiger partial charge >= 0.3 is 5.97 Å². The molecule has 1 N–H and O–H groups in total. The van der Waals surface area contributed by atoms with Gasteiger partial charge < -0.3 is 10.1 Å². The molecule has 0 radical (unpaired) electrons. The second-order valence-electron chi connectivity index (χ2n) is 7.53. The Kier molecular flexibility index (Phi) is 5.72. The van der Waals surface area contributed by atoms with E-state index in [0.29, 0.717) is 29.0 Å². The molecule has 2 aromatic carbocycles. The Bertz CT molecular complexity index is 1300. The number of aromatic nitrogens is 5. The van der Waals surface area contributed by atoms with Gasteiger partial charge in [0.1, 0.15) is 5.52 Å². The number of carbonyl (C=O) groups excluding carboxylic acids is 2. The Hall–Kier alpha value is -4.01. The van der Waals surface area contributed by atoms with Crippen LogP contribution in [0.3, 0.4) is 0 Å². The smallest absolute Gasteiger partial charge is 0.338 e. The van der Waals surface area contributed by atoms with Gasteiger partial charge in [-0.3, -0.25) is 4.79 Å². The molecule has 9 nitrogen and oxygen atoms in total. The number of anilines is 1. The summed E-state index contributed by atoms with van der Waals surface area (Å²) in [6, 6.07) is 13.0. The maximum absolute atomic E-state index is 12.4. The molecule has 1 amide bonds. The second-order valence-corrected chi connectivity index (χ2v) is 7.53. The molecule has 0 unspecified atom stereocenters. The lowest BCUT2D eigenvalue weighted by atomic mass is 10.2. The van der Waals surface area contributed by atoms with E-state index in [1.807, 2.05) is 52.0 Å². The zero-order valence-electron chi connectivity index (χ0n) is 18.4. The lowest BCUT2D eigenvalue weighted by Crippen LogP contribution is -2.21. The highest BCUT2D eigenvalue weighted by molar-refractivity contribution is 5.97. The maximum atomic E-state index is 12.4. The summed E-state index contributed by atoms with van der Waals surface area (Å²) in [4.78, 5) is 24.8. The Morgan fingerprint density at radius 3 is 2.53 bits per heavy atom. The van der Waals surface area contributed by atoms with Crippen molar-refractivity contribution >= 4 is 28.6 Å². The highest BCUT2D eigenvalue weighted by Crippen LogP contribution is 2.23. The minimum Gasteiger partial charge on any atom is -0.452 e. The van der Waals surface area contributed by atoms with Crippen LogP contribution in [-0.4, -0.2) is 43.3 Å². The summed E-state index contributed by atoms with van der Waals surface area (Å²) < 4.78 is 8.70. The standard InChI is InChI=1S/C23H24N6O3/c1-5-28-20-11-8-17(12-19(20)25-27-28)23(31)32-13-21(30)24-22-15(3)26-29(16(22)4)18-9-6-14(2)7-10-18/h6-12H,5,13H2,1-4H3,(H,24,30). The number of ether oxygens (including phenoxy) is 1. The van der Waals surface area contributed by atoms with Gasteiger partial charge in [-0.15, -0.1) is 5.10 Å². The third kappa shape index (κ3) is 4.09. The predicted molar refractivity (Wildman–Crippen MR) is 120 cm³/mol. The summed E-state index contributed by atoms with van der Waals surface area (Å²) in [5.74, 6) is -1.04. The van der Waals surface area contributed by atoms with E-state index in [0.717, 1.165) is 22.5 Å². The summed E-state index contributed by atoms with van der Waals surface area (Å²) in [5, 5.41) is 15.4. The molecule has 2 aromatic heterocycles. The number of esters is 1. The minimum atomic E-state index is -0.600. The first-order valence-corrected chi connectivity index (χ1v) is 10.3. The van der Waals surface area contributed by atoms with Crippen LogP contribution in [0.15, 0.2) is 42.5 Å². The van der Waals surface area contributed by atoms with Crippen molar-refractivity contribution in [3.63, 3.8) is 0 Å². The van der Waals surface area contributed by atoms with Gasteiger partial charge in [0.05, 0.1) is 33.8 Å². The highest BCUT2D eigenvalue weighted by Gasteiger charge is 2.17. The topological polar surface area (TPSA) is 104 Å². The maximum Gasteiger partial charge on any atom is 0.338 e. The molecule has 32 heavy (non-hydrogen) atoms. The van der Waals surface area contributed by atoms with E-state index in [2.05, 4.69) is 20.7 Å². The summed E-state index contributed by atoms with van der Waals surface area (Å²) in [6.45, 7) is 7.94. The Labute approximate surface area is 185 Å². The minimum absolute atomic E-state index is 0.313. The van der Waals surface area contributed by atoms with E-state index in [1.54, 1.807) is 27.6 Å². The van der Waals surface area contributed by atoms with E-state index in [4.69, 9.17) is 4.74 Å². The van der Waals surface area contributed by atoms with Crippen LogP contribution < -0.4 is 5.32 Å². The van der Waals surface area contributed by atoms with Gasteiger partial charge in [-0.05, 0) is 58.0 Å².